The summed E-state index contributed by atoms with van der Waals surface area (Å²) in [7, 11) is 1.64. The lowest BCUT2D eigenvalue weighted by Gasteiger charge is -2.23. The number of carbonyl (C=O) groups is 1. The van der Waals surface area contributed by atoms with Gasteiger partial charge < -0.3 is 20.1 Å². The van der Waals surface area contributed by atoms with Crippen LogP contribution in [-0.4, -0.2) is 45.4 Å². The number of aryl methyl sites for hydroxylation is 1. The quantitative estimate of drug-likeness (QED) is 0.805. The van der Waals surface area contributed by atoms with Crippen molar-refractivity contribution in [3.63, 3.8) is 0 Å². The van der Waals surface area contributed by atoms with Crippen LogP contribution < -0.4 is 15.4 Å². The number of hydrogen-bond acceptors (Lipinski definition) is 4. The number of carbonyl (C=O) groups excluding carboxylic acids is 1. The van der Waals surface area contributed by atoms with Crippen LogP contribution in [0.25, 0.3) is 0 Å². The Labute approximate surface area is 119 Å². The lowest BCUT2D eigenvalue weighted by molar-refractivity contribution is -0.121. The van der Waals surface area contributed by atoms with E-state index in [0.29, 0.717) is 19.6 Å². The highest BCUT2D eigenvalue weighted by atomic mass is 16.5. The van der Waals surface area contributed by atoms with Crippen LogP contribution in [0.2, 0.25) is 0 Å². The van der Waals surface area contributed by atoms with Gasteiger partial charge in [-0.2, -0.15) is 0 Å². The zero-order chi connectivity index (χ0) is 14.2. The van der Waals surface area contributed by atoms with Gasteiger partial charge in [-0.1, -0.05) is 12.1 Å². The molecule has 1 aromatic carbocycles. The van der Waals surface area contributed by atoms with Crippen LogP contribution in [-0.2, 0) is 16.0 Å². The third-order valence-electron chi connectivity index (χ3n) is 3.33. The second kappa shape index (κ2) is 7.87. The molecular formula is C15H22N2O3. The van der Waals surface area contributed by atoms with Crippen LogP contribution in [0, 0.1) is 0 Å². The van der Waals surface area contributed by atoms with Crippen molar-refractivity contribution in [1.82, 2.24) is 10.6 Å². The molecule has 2 rings (SSSR count). The average Bonchev–Trinajstić information content (AvgIpc) is 2.52. The largest absolute Gasteiger partial charge is 0.497 e. The van der Waals surface area contributed by atoms with Crippen molar-refractivity contribution >= 4 is 5.91 Å². The summed E-state index contributed by atoms with van der Waals surface area (Å²) in [6.07, 6.45) is 1.32. The lowest BCUT2D eigenvalue weighted by Crippen LogP contribution is -2.45. The predicted molar refractivity (Wildman–Crippen MR) is 76.9 cm³/mol. The van der Waals surface area contributed by atoms with Crippen molar-refractivity contribution in [2.75, 3.05) is 33.4 Å². The maximum Gasteiger partial charge on any atom is 0.220 e. The highest BCUT2D eigenvalue weighted by Crippen LogP contribution is 2.12. The number of hydrogen-bond donors (Lipinski definition) is 2. The summed E-state index contributed by atoms with van der Waals surface area (Å²) >= 11 is 0. The van der Waals surface area contributed by atoms with Crippen LogP contribution in [0.1, 0.15) is 12.0 Å². The monoisotopic (exact) mass is 278 g/mol. The van der Waals surface area contributed by atoms with Crippen LogP contribution in [0.3, 0.4) is 0 Å². The van der Waals surface area contributed by atoms with Gasteiger partial charge in [0.25, 0.3) is 0 Å². The van der Waals surface area contributed by atoms with Gasteiger partial charge in [0.1, 0.15) is 5.75 Å². The fourth-order valence-corrected chi connectivity index (χ4v) is 2.12. The molecule has 1 atom stereocenters. The second-order valence-corrected chi connectivity index (χ2v) is 4.85. The molecule has 20 heavy (non-hydrogen) atoms. The maximum atomic E-state index is 11.8. The van der Waals surface area contributed by atoms with E-state index in [-0.39, 0.29) is 12.0 Å². The van der Waals surface area contributed by atoms with Crippen molar-refractivity contribution in [2.45, 2.75) is 18.9 Å². The molecule has 1 aliphatic rings. The highest BCUT2D eigenvalue weighted by molar-refractivity contribution is 5.76. The van der Waals surface area contributed by atoms with Crippen LogP contribution in [0.4, 0.5) is 0 Å². The summed E-state index contributed by atoms with van der Waals surface area (Å²) in [4.78, 5) is 11.8. The van der Waals surface area contributed by atoms with Gasteiger partial charge in [-0.05, 0) is 24.1 Å². The molecule has 0 spiro atoms. The molecule has 1 aliphatic heterocycles. The van der Waals surface area contributed by atoms with E-state index in [2.05, 4.69) is 10.6 Å². The van der Waals surface area contributed by atoms with Gasteiger partial charge in [-0.25, -0.2) is 0 Å². The van der Waals surface area contributed by atoms with Crippen molar-refractivity contribution in [2.24, 2.45) is 0 Å². The van der Waals surface area contributed by atoms with Crippen molar-refractivity contribution in [1.29, 1.82) is 0 Å². The van der Waals surface area contributed by atoms with E-state index in [1.807, 2.05) is 24.3 Å². The molecule has 0 radical (unpaired) electrons. The van der Waals surface area contributed by atoms with Gasteiger partial charge in [0, 0.05) is 26.1 Å². The first-order valence-corrected chi connectivity index (χ1v) is 7.00. The molecule has 5 nitrogen and oxygen atoms in total. The second-order valence-electron chi connectivity index (χ2n) is 4.85. The van der Waals surface area contributed by atoms with Gasteiger partial charge >= 0.3 is 0 Å². The molecule has 1 unspecified atom stereocenters. The van der Waals surface area contributed by atoms with Crippen molar-refractivity contribution in [3.8, 4) is 5.75 Å². The molecule has 0 saturated carbocycles. The van der Waals surface area contributed by atoms with E-state index in [1.54, 1.807) is 7.11 Å². The first-order valence-electron chi connectivity index (χ1n) is 7.00. The molecule has 0 aromatic heterocycles. The molecule has 1 heterocycles. The lowest BCUT2D eigenvalue weighted by atomic mass is 10.1. The summed E-state index contributed by atoms with van der Waals surface area (Å²) < 4.78 is 10.6. The Bertz CT molecular complexity index is 414. The summed E-state index contributed by atoms with van der Waals surface area (Å²) in [5.74, 6) is 0.898. The van der Waals surface area contributed by atoms with Crippen molar-refractivity contribution in [3.05, 3.63) is 29.8 Å². The summed E-state index contributed by atoms with van der Waals surface area (Å²) in [6, 6.07) is 7.80. The van der Waals surface area contributed by atoms with E-state index < -0.39 is 0 Å². The van der Waals surface area contributed by atoms with Crippen LogP contribution in [0.15, 0.2) is 24.3 Å². The molecule has 2 N–H and O–H groups in total. The van der Waals surface area contributed by atoms with Crippen LogP contribution >= 0.6 is 0 Å². The van der Waals surface area contributed by atoms with Gasteiger partial charge in [0.15, 0.2) is 0 Å². The van der Waals surface area contributed by atoms with Gasteiger partial charge in [0.2, 0.25) is 5.91 Å². The summed E-state index contributed by atoms with van der Waals surface area (Å²) in [5.41, 5.74) is 1.14. The minimum absolute atomic E-state index is 0.0648. The molecule has 1 aromatic rings. The van der Waals surface area contributed by atoms with Gasteiger partial charge in [-0.15, -0.1) is 0 Å². The molecule has 1 saturated heterocycles. The smallest absolute Gasteiger partial charge is 0.220 e. The van der Waals surface area contributed by atoms with E-state index in [1.165, 1.54) is 0 Å². The number of morpholine rings is 1. The summed E-state index contributed by atoms with van der Waals surface area (Å²) in [5, 5.41) is 6.16. The third kappa shape index (κ3) is 4.83. The summed E-state index contributed by atoms with van der Waals surface area (Å²) in [6.45, 7) is 2.99. The van der Waals surface area contributed by atoms with E-state index in [4.69, 9.17) is 9.47 Å². The standard InChI is InChI=1S/C15H22N2O3/c1-19-13-5-2-12(3-6-13)4-7-15(18)17-11-14-10-16-8-9-20-14/h2-3,5-6,14,16H,4,7-11H2,1H3,(H,17,18). The molecule has 1 fully saturated rings. The molecule has 0 aliphatic carbocycles. The minimum Gasteiger partial charge on any atom is -0.497 e. The number of methoxy groups -OCH3 is 1. The fourth-order valence-electron chi connectivity index (χ4n) is 2.12. The Morgan fingerprint density at radius 3 is 2.90 bits per heavy atom. The Balaban J connectivity index is 1.66. The van der Waals surface area contributed by atoms with Crippen molar-refractivity contribution < 1.29 is 14.3 Å². The first kappa shape index (κ1) is 14.8. The van der Waals surface area contributed by atoms with E-state index in [0.717, 1.165) is 30.8 Å². The molecule has 110 valence electrons. The minimum atomic E-state index is 0.0648. The number of ether oxygens (including phenoxy) is 2. The van der Waals surface area contributed by atoms with Gasteiger partial charge in [-0.3, -0.25) is 4.79 Å². The fraction of sp³-hybridized carbons (Fsp3) is 0.533. The Morgan fingerprint density at radius 2 is 2.25 bits per heavy atom. The Hall–Kier alpha value is -1.59. The molecular weight excluding hydrogens is 256 g/mol. The molecule has 5 heteroatoms. The number of amides is 1. The average molecular weight is 278 g/mol. The first-order chi connectivity index (χ1) is 9.78. The zero-order valence-corrected chi connectivity index (χ0v) is 11.9. The van der Waals surface area contributed by atoms with Gasteiger partial charge in [0.05, 0.1) is 19.8 Å². The van der Waals surface area contributed by atoms with E-state index in [9.17, 15) is 4.79 Å². The third-order valence-corrected chi connectivity index (χ3v) is 3.33. The zero-order valence-electron chi connectivity index (χ0n) is 11.9. The predicted octanol–water partition coefficient (Wildman–Crippen LogP) is 0.732. The maximum absolute atomic E-state index is 11.8. The molecule has 1 amide bonds. The number of rotatable bonds is 6. The van der Waals surface area contributed by atoms with Crippen LogP contribution in [0.5, 0.6) is 5.75 Å². The normalized spacial score (nSPS) is 18.6. The Kier molecular flexibility index (Phi) is 5.83. The van der Waals surface area contributed by atoms with E-state index >= 15 is 0 Å². The SMILES string of the molecule is COc1ccc(CCC(=O)NCC2CNCCO2)cc1. The number of nitrogens with one attached hydrogen (secondary N) is 2. The molecule has 0 bridgehead atoms. The Morgan fingerprint density at radius 1 is 1.45 bits per heavy atom. The topological polar surface area (TPSA) is 59.6 Å². The highest BCUT2D eigenvalue weighted by Gasteiger charge is 2.13. The number of benzene rings is 1.